The Kier molecular flexibility index (Phi) is 7.32. The lowest BCUT2D eigenvalue weighted by Crippen LogP contribution is -2.57. The molecule has 0 aromatic heterocycles. The minimum Gasteiger partial charge on any atom is -0.496 e. The zero-order valence-corrected chi connectivity index (χ0v) is 17.9. The third-order valence-corrected chi connectivity index (χ3v) is 6.32. The van der Waals surface area contributed by atoms with Crippen molar-refractivity contribution in [1.29, 1.82) is 0 Å². The van der Waals surface area contributed by atoms with Gasteiger partial charge < -0.3 is 15.0 Å². The molecule has 0 spiro atoms. The highest BCUT2D eigenvalue weighted by atomic mass is 16.5. The Morgan fingerprint density at radius 3 is 2.70 bits per heavy atom. The number of para-hydroxylation sites is 1. The number of nitrogens with one attached hydrogen (secondary N) is 1. The van der Waals surface area contributed by atoms with Crippen molar-refractivity contribution in [2.24, 2.45) is 0 Å². The van der Waals surface area contributed by atoms with E-state index in [-0.39, 0.29) is 23.8 Å². The molecular weight excluding hydrogens is 378 g/mol. The topological polar surface area (TPSA) is 61.9 Å². The van der Waals surface area contributed by atoms with Crippen LogP contribution in [0, 0.1) is 0 Å². The highest BCUT2D eigenvalue weighted by molar-refractivity contribution is 5.89. The minimum absolute atomic E-state index is 0.0308. The zero-order valence-electron chi connectivity index (χ0n) is 17.9. The fourth-order valence-electron chi connectivity index (χ4n) is 4.87. The van der Waals surface area contributed by atoms with E-state index < -0.39 is 6.04 Å². The van der Waals surface area contributed by atoms with Crippen LogP contribution in [0.5, 0.6) is 5.75 Å². The van der Waals surface area contributed by atoms with Crippen molar-refractivity contribution in [2.45, 2.75) is 50.2 Å². The number of piperazine rings is 1. The number of benzene rings is 1. The minimum atomic E-state index is -0.484. The standard InChI is InChI=1S/C24H33N3O3/c1-4-11-24(12-5-2)13-8-15-27(24)22(28)17-20-23(29)25-14-16-26(20)18-19-9-6-7-10-21(19)30-3/h4-7,9-10,20H,1-2,8,11-18H2,3H3,(H,25,29)/t20-/m1/s1. The Morgan fingerprint density at radius 2 is 2.00 bits per heavy atom. The van der Waals surface area contributed by atoms with Gasteiger partial charge in [0.15, 0.2) is 0 Å². The van der Waals surface area contributed by atoms with Gasteiger partial charge in [-0.05, 0) is 31.7 Å². The SMILES string of the molecule is C=CCC1(CC=C)CCCN1C(=O)C[C@@H]1C(=O)NCCN1Cc1ccccc1OC. The lowest BCUT2D eigenvalue weighted by molar-refractivity contribution is -0.141. The summed E-state index contributed by atoms with van der Waals surface area (Å²) in [4.78, 5) is 30.2. The third-order valence-electron chi connectivity index (χ3n) is 6.32. The quantitative estimate of drug-likeness (QED) is 0.635. The van der Waals surface area contributed by atoms with Crippen molar-refractivity contribution >= 4 is 11.8 Å². The lowest BCUT2D eigenvalue weighted by atomic mass is 9.87. The molecule has 0 unspecified atom stereocenters. The summed E-state index contributed by atoms with van der Waals surface area (Å²) in [6.07, 6.45) is 7.34. The molecule has 1 N–H and O–H groups in total. The highest BCUT2D eigenvalue weighted by Crippen LogP contribution is 2.37. The number of likely N-dealkylation sites (tertiary alicyclic amines) is 1. The molecule has 6 nitrogen and oxygen atoms in total. The van der Waals surface area contributed by atoms with Gasteiger partial charge in [-0.3, -0.25) is 14.5 Å². The number of nitrogens with zero attached hydrogens (tertiary/aromatic N) is 2. The Labute approximate surface area is 179 Å². The van der Waals surface area contributed by atoms with Crippen molar-refractivity contribution in [2.75, 3.05) is 26.7 Å². The van der Waals surface area contributed by atoms with Crippen molar-refractivity contribution < 1.29 is 14.3 Å². The molecule has 0 bridgehead atoms. The average molecular weight is 412 g/mol. The summed E-state index contributed by atoms with van der Waals surface area (Å²) in [5, 5.41) is 2.93. The van der Waals surface area contributed by atoms with E-state index in [1.165, 1.54) is 0 Å². The number of carbonyl (C=O) groups is 2. The monoisotopic (exact) mass is 411 g/mol. The maximum Gasteiger partial charge on any atom is 0.237 e. The molecule has 2 heterocycles. The molecule has 3 rings (SSSR count). The Bertz CT molecular complexity index is 782. The predicted octanol–water partition coefficient (Wildman–Crippen LogP) is 2.90. The van der Waals surface area contributed by atoms with Crippen LogP contribution in [-0.2, 0) is 16.1 Å². The average Bonchev–Trinajstić information content (AvgIpc) is 3.15. The molecular formula is C24H33N3O3. The molecule has 2 saturated heterocycles. The lowest BCUT2D eigenvalue weighted by Gasteiger charge is -2.40. The van der Waals surface area contributed by atoms with Gasteiger partial charge in [0.25, 0.3) is 0 Å². The highest BCUT2D eigenvalue weighted by Gasteiger charge is 2.43. The molecule has 1 atom stereocenters. The third kappa shape index (κ3) is 4.59. The second-order valence-electron chi connectivity index (χ2n) is 8.15. The van der Waals surface area contributed by atoms with Crippen LogP contribution >= 0.6 is 0 Å². The summed E-state index contributed by atoms with van der Waals surface area (Å²) < 4.78 is 5.47. The first-order valence-electron chi connectivity index (χ1n) is 10.7. The van der Waals surface area contributed by atoms with E-state index in [0.717, 1.165) is 43.5 Å². The van der Waals surface area contributed by atoms with Crippen LogP contribution in [0.3, 0.4) is 0 Å². The summed E-state index contributed by atoms with van der Waals surface area (Å²) >= 11 is 0. The molecule has 1 aromatic carbocycles. The summed E-state index contributed by atoms with van der Waals surface area (Å²) in [5.41, 5.74) is 0.764. The first-order chi connectivity index (χ1) is 14.5. The maximum atomic E-state index is 13.4. The van der Waals surface area contributed by atoms with Crippen LogP contribution in [0.25, 0.3) is 0 Å². The fraction of sp³-hybridized carbons (Fsp3) is 0.500. The molecule has 0 radical (unpaired) electrons. The zero-order chi connectivity index (χ0) is 21.6. The van der Waals surface area contributed by atoms with Crippen molar-refractivity contribution in [1.82, 2.24) is 15.1 Å². The second-order valence-corrected chi connectivity index (χ2v) is 8.15. The molecule has 0 aliphatic carbocycles. The number of amides is 2. The van der Waals surface area contributed by atoms with Gasteiger partial charge in [0, 0.05) is 37.3 Å². The smallest absolute Gasteiger partial charge is 0.237 e. The van der Waals surface area contributed by atoms with E-state index in [0.29, 0.717) is 19.6 Å². The second kappa shape index (κ2) is 9.94. The van der Waals surface area contributed by atoms with Crippen LogP contribution in [0.4, 0.5) is 0 Å². The number of rotatable bonds is 9. The maximum absolute atomic E-state index is 13.4. The summed E-state index contributed by atoms with van der Waals surface area (Å²) in [5.74, 6) is 0.745. The first-order valence-corrected chi connectivity index (χ1v) is 10.7. The van der Waals surface area contributed by atoms with E-state index in [1.807, 2.05) is 41.3 Å². The van der Waals surface area contributed by atoms with Gasteiger partial charge in [-0.15, -0.1) is 13.2 Å². The fourth-order valence-corrected chi connectivity index (χ4v) is 4.87. The van der Waals surface area contributed by atoms with Gasteiger partial charge in [0.05, 0.1) is 19.6 Å². The normalized spacial score (nSPS) is 21.2. The van der Waals surface area contributed by atoms with E-state index in [4.69, 9.17) is 4.74 Å². The Balaban J connectivity index is 1.77. The van der Waals surface area contributed by atoms with Crippen LogP contribution in [0.2, 0.25) is 0 Å². The molecule has 1 aromatic rings. The van der Waals surface area contributed by atoms with Crippen molar-refractivity contribution in [3.8, 4) is 5.75 Å². The van der Waals surface area contributed by atoms with E-state index in [1.54, 1.807) is 7.11 Å². The molecule has 2 fully saturated rings. The van der Waals surface area contributed by atoms with Gasteiger partial charge >= 0.3 is 0 Å². The summed E-state index contributed by atoms with van der Waals surface area (Å²) in [7, 11) is 1.65. The number of carbonyl (C=O) groups excluding carboxylic acids is 2. The van der Waals surface area contributed by atoms with E-state index >= 15 is 0 Å². The van der Waals surface area contributed by atoms with Crippen molar-refractivity contribution in [3.05, 3.63) is 55.1 Å². The van der Waals surface area contributed by atoms with Crippen LogP contribution < -0.4 is 10.1 Å². The van der Waals surface area contributed by atoms with Gasteiger partial charge in [-0.1, -0.05) is 30.4 Å². The predicted molar refractivity (Wildman–Crippen MR) is 118 cm³/mol. The molecule has 2 aliphatic heterocycles. The number of hydrogen-bond acceptors (Lipinski definition) is 4. The first kappa shape index (κ1) is 22.1. The van der Waals surface area contributed by atoms with Crippen LogP contribution in [0.1, 0.15) is 37.7 Å². The Morgan fingerprint density at radius 1 is 1.27 bits per heavy atom. The van der Waals surface area contributed by atoms with Gasteiger partial charge in [-0.2, -0.15) is 0 Å². The molecule has 2 amide bonds. The molecule has 30 heavy (non-hydrogen) atoms. The molecule has 162 valence electrons. The number of ether oxygens (including phenoxy) is 1. The van der Waals surface area contributed by atoms with Gasteiger partial charge in [0.2, 0.25) is 11.8 Å². The van der Waals surface area contributed by atoms with Crippen LogP contribution in [-0.4, -0.2) is 59.9 Å². The summed E-state index contributed by atoms with van der Waals surface area (Å²) in [6.45, 7) is 10.4. The van der Waals surface area contributed by atoms with E-state index in [9.17, 15) is 9.59 Å². The Hall–Kier alpha value is -2.60. The number of methoxy groups -OCH3 is 1. The molecule has 0 saturated carbocycles. The van der Waals surface area contributed by atoms with Crippen molar-refractivity contribution in [3.63, 3.8) is 0 Å². The van der Waals surface area contributed by atoms with Gasteiger partial charge in [0.1, 0.15) is 5.75 Å². The van der Waals surface area contributed by atoms with Gasteiger partial charge in [-0.25, -0.2) is 0 Å². The largest absolute Gasteiger partial charge is 0.496 e. The van der Waals surface area contributed by atoms with E-state index in [2.05, 4.69) is 23.4 Å². The molecule has 6 heteroatoms. The van der Waals surface area contributed by atoms with Crippen LogP contribution in [0.15, 0.2) is 49.6 Å². The summed E-state index contributed by atoms with van der Waals surface area (Å²) in [6, 6.07) is 7.33. The molecule has 2 aliphatic rings. The number of hydrogen-bond donors (Lipinski definition) is 1.